The van der Waals surface area contributed by atoms with E-state index in [0.717, 1.165) is 23.6 Å². The Morgan fingerprint density at radius 1 is 1.16 bits per heavy atom. The fraction of sp³-hybridized carbons (Fsp3) is 0.600. The van der Waals surface area contributed by atoms with Gasteiger partial charge in [-0.3, -0.25) is 0 Å². The van der Waals surface area contributed by atoms with E-state index in [1.807, 2.05) is 46.0 Å². The third-order valence-corrected chi connectivity index (χ3v) is 2.51. The van der Waals surface area contributed by atoms with Crippen LogP contribution in [0.15, 0.2) is 18.2 Å². The summed E-state index contributed by atoms with van der Waals surface area (Å²) in [5.74, 6) is 1.70. The van der Waals surface area contributed by atoms with Gasteiger partial charge in [0.2, 0.25) is 0 Å². The molecule has 1 N–H and O–H groups in total. The van der Waals surface area contributed by atoms with Gasteiger partial charge in [-0.05, 0) is 46.0 Å². The van der Waals surface area contributed by atoms with Gasteiger partial charge in [0.25, 0.3) is 0 Å². The summed E-state index contributed by atoms with van der Waals surface area (Å²) in [7, 11) is 3.57. The summed E-state index contributed by atoms with van der Waals surface area (Å²) in [6.07, 6.45) is 0. The lowest BCUT2D eigenvalue weighted by molar-refractivity contribution is -0.0164. The molecule has 0 amide bonds. The van der Waals surface area contributed by atoms with E-state index in [2.05, 4.69) is 5.32 Å². The Morgan fingerprint density at radius 2 is 1.89 bits per heavy atom. The zero-order valence-corrected chi connectivity index (χ0v) is 12.6. The van der Waals surface area contributed by atoms with E-state index < -0.39 is 0 Å². The number of ether oxygens (including phenoxy) is 3. The van der Waals surface area contributed by atoms with Crippen molar-refractivity contribution < 1.29 is 14.2 Å². The highest BCUT2D eigenvalue weighted by Crippen LogP contribution is 2.24. The number of rotatable bonds is 7. The molecule has 0 saturated carbocycles. The molecule has 4 nitrogen and oxygen atoms in total. The number of nitrogens with one attached hydrogen (secondary N) is 1. The zero-order chi connectivity index (χ0) is 14.3. The zero-order valence-electron chi connectivity index (χ0n) is 12.6. The molecule has 0 atom stereocenters. The maximum Gasteiger partial charge on any atom is 0.124 e. The quantitative estimate of drug-likeness (QED) is 0.771. The number of methoxy groups -OCH3 is 1. The first-order valence-corrected chi connectivity index (χ1v) is 6.54. The van der Waals surface area contributed by atoms with Crippen LogP contribution in [0.25, 0.3) is 0 Å². The van der Waals surface area contributed by atoms with E-state index in [1.54, 1.807) is 7.11 Å². The maximum absolute atomic E-state index is 5.76. The van der Waals surface area contributed by atoms with E-state index in [4.69, 9.17) is 14.2 Å². The molecule has 0 unspecified atom stereocenters. The van der Waals surface area contributed by atoms with E-state index in [9.17, 15) is 0 Å². The Balaban J connectivity index is 2.56. The van der Waals surface area contributed by atoms with Crippen LogP contribution in [0.3, 0.4) is 0 Å². The van der Waals surface area contributed by atoms with Gasteiger partial charge in [0.1, 0.15) is 18.1 Å². The minimum atomic E-state index is -0.128. The molecule has 0 aliphatic heterocycles. The van der Waals surface area contributed by atoms with Crippen molar-refractivity contribution in [2.75, 3.05) is 27.4 Å². The molecule has 0 bridgehead atoms. The number of hydrogen-bond donors (Lipinski definition) is 1. The Kier molecular flexibility index (Phi) is 6.12. The van der Waals surface area contributed by atoms with Crippen molar-refractivity contribution in [1.82, 2.24) is 5.32 Å². The second-order valence-corrected chi connectivity index (χ2v) is 5.31. The molecular weight excluding hydrogens is 242 g/mol. The van der Waals surface area contributed by atoms with Gasteiger partial charge in [0.05, 0.1) is 19.3 Å². The molecule has 0 heterocycles. The van der Waals surface area contributed by atoms with Crippen LogP contribution in [-0.2, 0) is 11.3 Å². The first-order valence-electron chi connectivity index (χ1n) is 6.54. The van der Waals surface area contributed by atoms with Crippen LogP contribution in [0.2, 0.25) is 0 Å². The van der Waals surface area contributed by atoms with Crippen molar-refractivity contribution in [1.29, 1.82) is 0 Å². The fourth-order valence-corrected chi connectivity index (χ4v) is 1.65. The van der Waals surface area contributed by atoms with Crippen LogP contribution < -0.4 is 14.8 Å². The van der Waals surface area contributed by atoms with Crippen LogP contribution in [0.1, 0.15) is 26.3 Å². The minimum absolute atomic E-state index is 0.128. The lowest BCUT2D eigenvalue weighted by atomic mass is 10.2. The van der Waals surface area contributed by atoms with Crippen molar-refractivity contribution in [2.45, 2.75) is 32.9 Å². The van der Waals surface area contributed by atoms with Gasteiger partial charge in [0, 0.05) is 12.1 Å². The highest BCUT2D eigenvalue weighted by molar-refractivity contribution is 5.40. The summed E-state index contributed by atoms with van der Waals surface area (Å²) in [5.41, 5.74) is 0.953. The first-order chi connectivity index (χ1) is 8.96. The second kappa shape index (κ2) is 7.36. The van der Waals surface area contributed by atoms with Gasteiger partial charge in [-0.1, -0.05) is 0 Å². The number of hydrogen-bond acceptors (Lipinski definition) is 4. The molecule has 0 aromatic heterocycles. The van der Waals surface area contributed by atoms with Gasteiger partial charge in [0.15, 0.2) is 0 Å². The molecule has 4 heteroatoms. The van der Waals surface area contributed by atoms with Crippen molar-refractivity contribution >= 4 is 0 Å². The van der Waals surface area contributed by atoms with Crippen molar-refractivity contribution in [3.05, 3.63) is 23.8 Å². The molecule has 0 spiro atoms. The summed E-state index contributed by atoms with van der Waals surface area (Å²) in [6, 6.07) is 5.82. The molecule has 1 aromatic rings. The molecular formula is C15H25NO3. The van der Waals surface area contributed by atoms with Crippen LogP contribution in [0, 0.1) is 0 Å². The van der Waals surface area contributed by atoms with E-state index in [-0.39, 0.29) is 5.60 Å². The Labute approximate surface area is 116 Å². The Hall–Kier alpha value is -1.26. The van der Waals surface area contributed by atoms with Crippen LogP contribution in [0.4, 0.5) is 0 Å². The van der Waals surface area contributed by atoms with Crippen molar-refractivity contribution in [3.63, 3.8) is 0 Å². The summed E-state index contributed by atoms with van der Waals surface area (Å²) in [6.45, 7) is 7.97. The number of benzene rings is 1. The minimum Gasteiger partial charge on any atom is -0.497 e. The smallest absolute Gasteiger partial charge is 0.124 e. The van der Waals surface area contributed by atoms with Crippen molar-refractivity contribution in [3.8, 4) is 11.5 Å². The third-order valence-electron chi connectivity index (χ3n) is 2.51. The van der Waals surface area contributed by atoms with Gasteiger partial charge < -0.3 is 19.5 Å². The Bertz CT molecular complexity index is 385. The summed E-state index contributed by atoms with van der Waals surface area (Å²) in [4.78, 5) is 0. The normalized spacial score (nSPS) is 11.4. The van der Waals surface area contributed by atoms with Gasteiger partial charge in [-0.25, -0.2) is 0 Å². The standard InChI is InChI=1S/C15H25NO3/c1-15(2,3)19-9-8-18-14-7-6-13(17-5)10-12(14)11-16-4/h6-7,10,16H,8-9,11H2,1-5H3. The first kappa shape index (κ1) is 15.8. The lowest BCUT2D eigenvalue weighted by Gasteiger charge is -2.20. The predicted molar refractivity (Wildman–Crippen MR) is 77.0 cm³/mol. The van der Waals surface area contributed by atoms with Gasteiger partial charge in [-0.15, -0.1) is 0 Å². The summed E-state index contributed by atoms with van der Waals surface area (Å²) >= 11 is 0. The SMILES string of the molecule is CNCc1cc(OC)ccc1OCCOC(C)(C)C. The average molecular weight is 267 g/mol. The van der Waals surface area contributed by atoms with Gasteiger partial charge >= 0.3 is 0 Å². The van der Waals surface area contributed by atoms with Crippen LogP contribution in [0.5, 0.6) is 11.5 Å². The molecule has 0 radical (unpaired) electrons. The summed E-state index contributed by atoms with van der Waals surface area (Å²) in [5, 5.41) is 3.12. The monoisotopic (exact) mass is 267 g/mol. The maximum atomic E-state index is 5.76. The fourth-order valence-electron chi connectivity index (χ4n) is 1.65. The lowest BCUT2D eigenvalue weighted by Crippen LogP contribution is -2.22. The predicted octanol–water partition coefficient (Wildman–Crippen LogP) is 2.61. The molecule has 0 saturated heterocycles. The molecule has 0 aliphatic rings. The molecule has 108 valence electrons. The highest BCUT2D eigenvalue weighted by atomic mass is 16.5. The van der Waals surface area contributed by atoms with E-state index in [0.29, 0.717) is 13.2 Å². The Morgan fingerprint density at radius 3 is 2.47 bits per heavy atom. The molecule has 19 heavy (non-hydrogen) atoms. The molecule has 1 rings (SSSR count). The second-order valence-electron chi connectivity index (χ2n) is 5.31. The van der Waals surface area contributed by atoms with Crippen LogP contribution >= 0.6 is 0 Å². The topological polar surface area (TPSA) is 39.7 Å². The molecule has 0 aliphatic carbocycles. The molecule has 0 fully saturated rings. The van der Waals surface area contributed by atoms with Crippen molar-refractivity contribution in [2.24, 2.45) is 0 Å². The third kappa shape index (κ3) is 5.94. The largest absolute Gasteiger partial charge is 0.497 e. The average Bonchev–Trinajstić information content (AvgIpc) is 2.35. The highest BCUT2D eigenvalue weighted by Gasteiger charge is 2.10. The summed E-state index contributed by atoms with van der Waals surface area (Å²) < 4.78 is 16.6. The van der Waals surface area contributed by atoms with Gasteiger partial charge in [-0.2, -0.15) is 0 Å². The van der Waals surface area contributed by atoms with E-state index >= 15 is 0 Å². The molecule has 1 aromatic carbocycles. The van der Waals surface area contributed by atoms with Crippen LogP contribution in [-0.4, -0.2) is 33.0 Å². The van der Waals surface area contributed by atoms with E-state index in [1.165, 1.54) is 0 Å².